The van der Waals surface area contributed by atoms with E-state index in [1.165, 1.54) is 127 Å². The van der Waals surface area contributed by atoms with Gasteiger partial charge in [-0.2, -0.15) is 0 Å². The van der Waals surface area contributed by atoms with Gasteiger partial charge in [-0.25, -0.2) is 0 Å². The third-order valence-corrected chi connectivity index (χ3v) is 14.7. The quantitative estimate of drug-likeness (QED) is 0.154. The maximum atomic E-state index is 2.76. The molecule has 0 atom stereocenters. The number of rotatable bonds is 1. The standard InChI is InChI=1S/C50H41BN2S/c1-28-22-36-45-40(19-18-34-32-14-9-10-17-44(32)54-48(34)45)53(41-27-38-37(24-29(41)2)49(3,4)20-21-50(38,5)6)51-39-16-11-15-33-35-25-30-12-7-8-13-31(30)26-42(35)52(47(33)39)43(23-28)46(36)51/h7-19,22-27H,20-21H2,1-6H3. The van der Waals surface area contributed by atoms with Crippen LogP contribution in [0.4, 0.5) is 11.4 Å². The SMILES string of the molecule is Cc1cc2c3c(c1)-n1c4cc5ccccc5cc4c4cccc(c41)B3N(c1cc3c(cc1C)C(C)(C)CCC3(C)C)c1ccc3c(sc4ccccc43)c1-2. The molecule has 0 spiro atoms. The van der Waals surface area contributed by atoms with Crippen molar-refractivity contribution in [2.45, 2.75) is 65.2 Å². The number of benzene rings is 7. The minimum atomic E-state index is 0.0151. The van der Waals surface area contributed by atoms with Crippen LogP contribution in [0.15, 0.2) is 115 Å². The highest BCUT2D eigenvalue weighted by Gasteiger charge is 2.46. The highest BCUT2D eigenvalue weighted by atomic mass is 32.1. The monoisotopic (exact) mass is 712 g/mol. The number of anilines is 2. The molecular formula is C50H41BN2S. The number of hydrogen-bond donors (Lipinski definition) is 0. The smallest absolute Gasteiger partial charge is 0.333 e. The van der Waals surface area contributed by atoms with Crippen LogP contribution in [-0.2, 0) is 10.8 Å². The molecule has 4 heterocycles. The molecule has 2 aromatic heterocycles. The van der Waals surface area contributed by atoms with Crippen molar-refractivity contribution < 1.29 is 0 Å². The van der Waals surface area contributed by atoms with Gasteiger partial charge in [0.25, 0.3) is 0 Å². The Morgan fingerprint density at radius 3 is 2.15 bits per heavy atom. The highest BCUT2D eigenvalue weighted by Crippen LogP contribution is 2.53. The summed E-state index contributed by atoms with van der Waals surface area (Å²) in [5.41, 5.74) is 18.0. The minimum Gasteiger partial charge on any atom is -0.376 e. The van der Waals surface area contributed by atoms with Crippen LogP contribution in [0, 0.1) is 13.8 Å². The van der Waals surface area contributed by atoms with Crippen molar-refractivity contribution in [2.24, 2.45) is 0 Å². The summed E-state index contributed by atoms with van der Waals surface area (Å²) in [7, 11) is 0. The number of hydrogen-bond acceptors (Lipinski definition) is 2. The number of aryl methyl sites for hydroxylation is 2. The lowest BCUT2D eigenvalue weighted by Crippen LogP contribution is -2.60. The largest absolute Gasteiger partial charge is 0.376 e. The van der Waals surface area contributed by atoms with Gasteiger partial charge in [0.05, 0.1) is 11.0 Å². The summed E-state index contributed by atoms with van der Waals surface area (Å²) in [5, 5.41) is 7.92. The van der Waals surface area contributed by atoms with Crippen molar-refractivity contribution >= 4 is 93.2 Å². The third-order valence-electron chi connectivity index (χ3n) is 13.5. The fourth-order valence-corrected chi connectivity index (χ4v) is 12.0. The van der Waals surface area contributed by atoms with E-state index < -0.39 is 0 Å². The molecule has 4 heteroatoms. The first-order chi connectivity index (χ1) is 26.1. The van der Waals surface area contributed by atoms with Crippen LogP contribution >= 0.6 is 11.3 Å². The molecule has 1 aliphatic carbocycles. The van der Waals surface area contributed by atoms with Crippen LogP contribution in [0.5, 0.6) is 0 Å². The van der Waals surface area contributed by atoms with Crippen molar-refractivity contribution in [2.75, 3.05) is 4.81 Å². The zero-order valence-electron chi connectivity index (χ0n) is 31.8. The van der Waals surface area contributed by atoms with E-state index in [1.807, 2.05) is 11.3 Å². The molecule has 12 rings (SSSR count). The molecule has 260 valence electrons. The lowest BCUT2D eigenvalue weighted by molar-refractivity contribution is 0.332. The molecule has 0 N–H and O–H groups in total. The number of fused-ring (bicyclic) bond motifs is 13. The summed E-state index contributed by atoms with van der Waals surface area (Å²) in [4.78, 5) is 2.76. The molecule has 0 fully saturated rings. The van der Waals surface area contributed by atoms with Gasteiger partial charge >= 0.3 is 6.85 Å². The van der Waals surface area contributed by atoms with E-state index >= 15 is 0 Å². The Bertz CT molecular complexity index is 3160. The average Bonchev–Trinajstić information content (AvgIpc) is 3.70. The molecule has 0 unspecified atom stereocenters. The lowest BCUT2D eigenvalue weighted by Gasteiger charge is -2.46. The normalized spacial score (nSPS) is 16.4. The molecule has 0 bridgehead atoms. The number of para-hydroxylation sites is 1. The topological polar surface area (TPSA) is 8.17 Å². The van der Waals surface area contributed by atoms with Gasteiger partial charge in [0.2, 0.25) is 0 Å². The molecule has 9 aromatic rings. The van der Waals surface area contributed by atoms with Gasteiger partial charge in [-0.1, -0.05) is 107 Å². The van der Waals surface area contributed by atoms with E-state index in [1.54, 1.807) is 0 Å². The number of aromatic nitrogens is 1. The van der Waals surface area contributed by atoms with E-state index in [0.717, 1.165) is 0 Å². The molecule has 2 aliphatic heterocycles. The Hall–Kier alpha value is -5.32. The average molecular weight is 713 g/mol. The molecule has 54 heavy (non-hydrogen) atoms. The van der Waals surface area contributed by atoms with Crippen molar-refractivity contribution in [1.29, 1.82) is 0 Å². The van der Waals surface area contributed by atoms with E-state index in [9.17, 15) is 0 Å². The second-order valence-electron chi connectivity index (χ2n) is 17.7. The van der Waals surface area contributed by atoms with Gasteiger partial charge in [0.15, 0.2) is 0 Å². The van der Waals surface area contributed by atoms with Gasteiger partial charge < -0.3 is 9.38 Å². The summed E-state index contributed by atoms with van der Waals surface area (Å²) >= 11 is 1.95. The van der Waals surface area contributed by atoms with Crippen molar-refractivity contribution in [3.63, 3.8) is 0 Å². The summed E-state index contributed by atoms with van der Waals surface area (Å²) in [6.45, 7) is 14.5. The van der Waals surface area contributed by atoms with E-state index in [4.69, 9.17) is 0 Å². The lowest BCUT2D eigenvalue weighted by atomic mass is 9.43. The van der Waals surface area contributed by atoms with Crippen LogP contribution < -0.4 is 15.7 Å². The first-order valence-corrected chi connectivity index (χ1v) is 20.4. The minimum absolute atomic E-state index is 0.0151. The van der Waals surface area contributed by atoms with Crippen LogP contribution in [0.25, 0.3) is 69.6 Å². The molecule has 0 saturated carbocycles. The fraction of sp³-hybridized carbons (Fsp3) is 0.200. The maximum Gasteiger partial charge on any atom is 0.333 e. The second kappa shape index (κ2) is 10.3. The zero-order chi connectivity index (χ0) is 36.4. The summed E-state index contributed by atoms with van der Waals surface area (Å²) < 4.78 is 5.35. The predicted octanol–water partition coefficient (Wildman–Crippen LogP) is 12.5. The first-order valence-electron chi connectivity index (χ1n) is 19.6. The van der Waals surface area contributed by atoms with Crippen LogP contribution in [0.3, 0.4) is 0 Å². The molecular weight excluding hydrogens is 671 g/mol. The van der Waals surface area contributed by atoms with Crippen molar-refractivity contribution in [3.05, 3.63) is 138 Å². The predicted molar refractivity (Wildman–Crippen MR) is 235 cm³/mol. The van der Waals surface area contributed by atoms with Gasteiger partial charge in [-0.3, -0.25) is 0 Å². The van der Waals surface area contributed by atoms with Crippen LogP contribution in [0.1, 0.15) is 62.8 Å². The van der Waals surface area contributed by atoms with E-state index in [2.05, 4.69) is 166 Å². The van der Waals surface area contributed by atoms with Gasteiger partial charge in [-0.15, -0.1) is 11.3 Å². The van der Waals surface area contributed by atoms with Gasteiger partial charge in [0, 0.05) is 53.6 Å². The van der Waals surface area contributed by atoms with Gasteiger partial charge in [0.1, 0.15) is 0 Å². The summed E-state index contributed by atoms with van der Waals surface area (Å²) in [5.74, 6) is 0. The molecule has 2 nitrogen and oxygen atoms in total. The van der Waals surface area contributed by atoms with Crippen LogP contribution in [0.2, 0.25) is 0 Å². The number of nitrogens with zero attached hydrogens (tertiary/aromatic N) is 2. The Labute approximate surface area is 320 Å². The fourth-order valence-electron chi connectivity index (χ4n) is 10.7. The molecule has 0 radical (unpaired) electrons. The molecule has 0 amide bonds. The van der Waals surface area contributed by atoms with Crippen molar-refractivity contribution in [1.82, 2.24) is 4.57 Å². The summed E-state index contributed by atoms with van der Waals surface area (Å²) in [6, 6.07) is 44.7. The maximum absolute atomic E-state index is 2.76. The Kier molecular flexibility index (Phi) is 5.90. The van der Waals surface area contributed by atoms with Gasteiger partial charge in [-0.05, 0) is 123 Å². The second-order valence-corrected chi connectivity index (χ2v) is 18.8. The Morgan fingerprint density at radius 1 is 0.611 bits per heavy atom. The molecule has 0 saturated heterocycles. The van der Waals surface area contributed by atoms with Crippen molar-refractivity contribution in [3.8, 4) is 16.8 Å². The van der Waals surface area contributed by atoms with Crippen LogP contribution in [-0.4, -0.2) is 11.4 Å². The molecule has 3 aliphatic rings. The summed E-state index contributed by atoms with van der Waals surface area (Å²) in [6.07, 6.45) is 2.40. The Balaban J connectivity index is 1.26. The van der Waals surface area contributed by atoms with E-state index in [-0.39, 0.29) is 17.7 Å². The highest BCUT2D eigenvalue weighted by molar-refractivity contribution is 7.26. The van der Waals surface area contributed by atoms with E-state index in [0.29, 0.717) is 0 Å². The zero-order valence-corrected chi connectivity index (χ0v) is 32.6. The number of thiophene rings is 1. The Morgan fingerprint density at radius 2 is 1.33 bits per heavy atom. The molecule has 7 aromatic carbocycles. The first kappa shape index (κ1) is 31.1. The third kappa shape index (κ3) is 3.87.